The Morgan fingerprint density at radius 1 is 1.29 bits per heavy atom. The minimum Gasteiger partial charge on any atom is -0.497 e. The van der Waals surface area contributed by atoms with Crippen molar-refractivity contribution >= 4 is 33.9 Å². The summed E-state index contributed by atoms with van der Waals surface area (Å²) in [5, 5.41) is 14.7. The zero-order valence-corrected chi connectivity index (χ0v) is 19.8. The number of furan rings is 1. The SMILES string of the molecule is CCOC(=O)c1c(NC(=O)c2ccc(-c3ccc(OC)cc3[N+](=O)[O-])o2)sc2c1CC[C@@H](C)C2. The molecule has 4 rings (SSSR count). The van der Waals surface area contributed by atoms with Crippen LogP contribution in [0.4, 0.5) is 10.7 Å². The van der Waals surface area contributed by atoms with Crippen molar-refractivity contribution in [2.75, 3.05) is 19.0 Å². The topological polar surface area (TPSA) is 121 Å². The van der Waals surface area contributed by atoms with Crippen LogP contribution in [0.5, 0.6) is 5.75 Å². The van der Waals surface area contributed by atoms with Gasteiger partial charge in [-0.3, -0.25) is 14.9 Å². The maximum atomic E-state index is 13.0. The maximum Gasteiger partial charge on any atom is 0.341 e. The summed E-state index contributed by atoms with van der Waals surface area (Å²) >= 11 is 1.38. The van der Waals surface area contributed by atoms with Crippen molar-refractivity contribution < 1.29 is 28.4 Å². The van der Waals surface area contributed by atoms with E-state index in [0.717, 1.165) is 29.7 Å². The Morgan fingerprint density at radius 2 is 2.09 bits per heavy atom. The first-order valence-corrected chi connectivity index (χ1v) is 11.7. The maximum absolute atomic E-state index is 13.0. The molecule has 178 valence electrons. The van der Waals surface area contributed by atoms with Gasteiger partial charge in [-0.15, -0.1) is 11.3 Å². The third-order valence-corrected chi connectivity index (χ3v) is 6.88. The van der Waals surface area contributed by atoms with Crippen molar-refractivity contribution in [1.29, 1.82) is 0 Å². The smallest absolute Gasteiger partial charge is 0.341 e. The fourth-order valence-corrected chi connectivity index (χ4v) is 5.42. The predicted molar refractivity (Wildman–Crippen MR) is 127 cm³/mol. The Morgan fingerprint density at radius 3 is 2.79 bits per heavy atom. The second kappa shape index (κ2) is 9.68. The molecule has 1 atom stereocenters. The van der Waals surface area contributed by atoms with Gasteiger partial charge >= 0.3 is 5.97 Å². The number of esters is 1. The zero-order valence-electron chi connectivity index (χ0n) is 19.0. The van der Waals surface area contributed by atoms with Crippen molar-refractivity contribution in [3.63, 3.8) is 0 Å². The lowest BCUT2D eigenvalue weighted by molar-refractivity contribution is -0.384. The van der Waals surface area contributed by atoms with Crippen LogP contribution in [0, 0.1) is 16.0 Å². The molecule has 1 N–H and O–H groups in total. The van der Waals surface area contributed by atoms with Gasteiger partial charge in [0.05, 0.1) is 35.8 Å². The number of rotatable bonds is 7. The third-order valence-electron chi connectivity index (χ3n) is 5.72. The van der Waals surface area contributed by atoms with Crippen LogP contribution in [0.1, 0.15) is 51.6 Å². The number of nitro groups is 1. The van der Waals surface area contributed by atoms with E-state index in [1.165, 1.54) is 42.7 Å². The van der Waals surface area contributed by atoms with Crippen LogP contribution in [0.2, 0.25) is 0 Å². The van der Waals surface area contributed by atoms with E-state index in [1.807, 2.05) is 0 Å². The lowest BCUT2D eigenvalue weighted by atomic mass is 9.88. The molecule has 1 amide bonds. The largest absolute Gasteiger partial charge is 0.497 e. The predicted octanol–water partition coefficient (Wildman–Crippen LogP) is 5.48. The molecule has 9 nitrogen and oxygen atoms in total. The Balaban J connectivity index is 1.63. The summed E-state index contributed by atoms with van der Waals surface area (Å²) in [5.41, 5.74) is 1.36. The highest BCUT2D eigenvalue weighted by molar-refractivity contribution is 7.17. The number of ether oxygens (including phenoxy) is 2. The van der Waals surface area contributed by atoms with Crippen molar-refractivity contribution in [1.82, 2.24) is 0 Å². The van der Waals surface area contributed by atoms with Gasteiger partial charge in [0.1, 0.15) is 16.5 Å². The summed E-state index contributed by atoms with van der Waals surface area (Å²) in [7, 11) is 1.42. The molecule has 3 aromatic rings. The number of nitrogens with zero attached hydrogens (tertiary/aromatic N) is 1. The summed E-state index contributed by atoms with van der Waals surface area (Å²) in [4.78, 5) is 37.7. The molecule has 0 fully saturated rings. The molecule has 0 saturated carbocycles. The summed E-state index contributed by atoms with van der Waals surface area (Å²) in [6.45, 7) is 4.13. The minimum atomic E-state index is -0.556. The first kappa shape index (κ1) is 23.5. The Kier molecular flexibility index (Phi) is 6.69. The van der Waals surface area contributed by atoms with E-state index in [-0.39, 0.29) is 29.4 Å². The van der Waals surface area contributed by atoms with E-state index >= 15 is 0 Å². The van der Waals surface area contributed by atoms with Crippen LogP contribution in [0.3, 0.4) is 0 Å². The number of thiophene rings is 1. The molecule has 0 aliphatic heterocycles. The molecule has 0 unspecified atom stereocenters. The monoisotopic (exact) mass is 484 g/mol. The Hall–Kier alpha value is -3.66. The molecule has 0 spiro atoms. The average molecular weight is 485 g/mol. The van der Waals surface area contributed by atoms with E-state index in [9.17, 15) is 19.7 Å². The summed E-state index contributed by atoms with van der Waals surface area (Å²) < 4.78 is 16.0. The Bertz CT molecular complexity index is 1260. The van der Waals surface area contributed by atoms with E-state index in [4.69, 9.17) is 13.9 Å². The fourth-order valence-electron chi connectivity index (χ4n) is 4.03. The average Bonchev–Trinajstić information content (AvgIpc) is 3.43. The summed E-state index contributed by atoms with van der Waals surface area (Å²) in [6, 6.07) is 7.31. The summed E-state index contributed by atoms with van der Waals surface area (Å²) in [6.07, 6.45) is 2.56. The molecule has 2 aromatic heterocycles. The van der Waals surface area contributed by atoms with Crippen molar-refractivity contribution in [2.24, 2.45) is 5.92 Å². The van der Waals surface area contributed by atoms with Crippen LogP contribution in [-0.4, -0.2) is 30.5 Å². The number of anilines is 1. The second-order valence-electron chi connectivity index (χ2n) is 8.03. The van der Waals surface area contributed by atoms with Gasteiger partial charge in [-0.1, -0.05) is 6.92 Å². The molecule has 0 bridgehead atoms. The summed E-state index contributed by atoms with van der Waals surface area (Å²) in [5.74, 6) is -0.0438. The zero-order chi connectivity index (χ0) is 24.4. The number of carbonyl (C=O) groups excluding carboxylic acids is 2. The number of benzene rings is 1. The van der Waals surface area contributed by atoms with Gasteiger partial charge in [0.2, 0.25) is 0 Å². The van der Waals surface area contributed by atoms with Crippen LogP contribution in [0.25, 0.3) is 11.3 Å². The molecule has 1 aromatic carbocycles. The van der Waals surface area contributed by atoms with Gasteiger partial charge in [0.25, 0.3) is 11.6 Å². The lowest BCUT2D eigenvalue weighted by Crippen LogP contribution is -2.16. The number of nitrogens with one attached hydrogen (secondary N) is 1. The van der Waals surface area contributed by atoms with Gasteiger partial charge in [0.15, 0.2) is 5.76 Å². The van der Waals surface area contributed by atoms with E-state index in [2.05, 4.69) is 12.2 Å². The first-order valence-electron chi connectivity index (χ1n) is 10.9. The lowest BCUT2D eigenvalue weighted by Gasteiger charge is -2.18. The number of hydrogen-bond acceptors (Lipinski definition) is 8. The van der Waals surface area contributed by atoms with E-state index in [0.29, 0.717) is 22.2 Å². The van der Waals surface area contributed by atoms with Crippen molar-refractivity contribution in [3.8, 4) is 17.1 Å². The van der Waals surface area contributed by atoms with Crippen LogP contribution < -0.4 is 10.1 Å². The molecule has 0 saturated heterocycles. The molecule has 10 heteroatoms. The first-order chi connectivity index (χ1) is 16.3. The highest BCUT2D eigenvalue weighted by Crippen LogP contribution is 2.40. The molecule has 1 aliphatic carbocycles. The number of nitro benzene ring substituents is 1. The van der Waals surface area contributed by atoms with Crippen LogP contribution in [0.15, 0.2) is 34.7 Å². The van der Waals surface area contributed by atoms with E-state index < -0.39 is 16.8 Å². The van der Waals surface area contributed by atoms with Crippen molar-refractivity contribution in [3.05, 3.63) is 62.2 Å². The second-order valence-corrected chi connectivity index (χ2v) is 9.14. The number of hydrogen-bond donors (Lipinski definition) is 1. The number of carbonyl (C=O) groups is 2. The molecule has 0 radical (unpaired) electrons. The quantitative estimate of drug-likeness (QED) is 0.268. The molecular formula is C24H24N2O7S. The van der Waals surface area contributed by atoms with Gasteiger partial charge in [-0.25, -0.2) is 4.79 Å². The number of methoxy groups -OCH3 is 1. The standard InChI is InChI=1S/C24H24N2O7S/c1-4-32-24(28)21-16-7-5-13(2)11-20(16)34-23(21)25-22(27)19-10-9-18(33-19)15-8-6-14(31-3)12-17(15)26(29)30/h6,8-10,12-13H,4-5,7,11H2,1-3H3,(H,25,27)/t13-/m1/s1. The normalized spacial score (nSPS) is 14.9. The molecular weight excluding hydrogens is 460 g/mol. The highest BCUT2D eigenvalue weighted by Gasteiger charge is 2.30. The fraction of sp³-hybridized carbons (Fsp3) is 0.333. The van der Waals surface area contributed by atoms with Crippen LogP contribution >= 0.6 is 11.3 Å². The van der Waals surface area contributed by atoms with Gasteiger partial charge in [-0.05, 0) is 61.9 Å². The Labute approximate surface area is 199 Å². The molecule has 1 aliphatic rings. The van der Waals surface area contributed by atoms with Crippen molar-refractivity contribution in [2.45, 2.75) is 33.1 Å². The van der Waals surface area contributed by atoms with Gasteiger partial charge in [0, 0.05) is 4.88 Å². The third kappa shape index (κ3) is 4.54. The number of fused-ring (bicyclic) bond motifs is 1. The van der Waals surface area contributed by atoms with Crippen LogP contribution in [-0.2, 0) is 17.6 Å². The van der Waals surface area contributed by atoms with Gasteiger partial charge < -0.3 is 19.2 Å². The van der Waals surface area contributed by atoms with Gasteiger partial charge in [-0.2, -0.15) is 0 Å². The highest BCUT2D eigenvalue weighted by atomic mass is 32.1. The van der Waals surface area contributed by atoms with E-state index in [1.54, 1.807) is 13.0 Å². The minimum absolute atomic E-state index is 0.0327. The molecule has 34 heavy (non-hydrogen) atoms. The molecule has 2 heterocycles. The number of amides is 1.